The molecule has 1 fully saturated rings. The van der Waals surface area contributed by atoms with Gasteiger partial charge < -0.3 is 14.3 Å². The van der Waals surface area contributed by atoms with Crippen LogP contribution in [0.2, 0.25) is 0 Å². The fraction of sp³-hybridized carbons (Fsp3) is 0.417. The molecule has 4 nitrogen and oxygen atoms in total. The summed E-state index contributed by atoms with van der Waals surface area (Å²) in [4.78, 5) is 24.4. The molecule has 0 radical (unpaired) electrons. The van der Waals surface area contributed by atoms with Gasteiger partial charge in [-0.1, -0.05) is 18.2 Å². The minimum Gasteiger partial charge on any atom is -0.493 e. The smallest absolute Gasteiger partial charge is 0.320 e. The largest absolute Gasteiger partial charge is 0.493 e. The van der Waals surface area contributed by atoms with Gasteiger partial charge in [-0.15, -0.1) is 0 Å². The third-order valence-corrected chi connectivity index (χ3v) is 6.07. The Morgan fingerprint density at radius 2 is 2.00 bits per heavy atom. The molecule has 1 saturated carbocycles. The van der Waals surface area contributed by atoms with E-state index in [2.05, 4.69) is 19.1 Å². The Bertz CT molecular complexity index is 940. The average molecular weight is 378 g/mol. The number of ether oxygens (including phenoxy) is 2. The first-order valence-corrected chi connectivity index (χ1v) is 9.99. The van der Waals surface area contributed by atoms with Crippen molar-refractivity contribution < 1.29 is 19.1 Å². The van der Waals surface area contributed by atoms with Crippen LogP contribution in [0, 0.1) is 13.8 Å². The number of aldehydes is 1. The Kier molecular flexibility index (Phi) is 4.96. The number of rotatable bonds is 5. The summed E-state index contributed by atoms with van der Waals surface area (Å²) in [6, 6.07) is 8.32. The van der Waals surface area contributed by atoms with Crippen LogP contribution in [0.25, 0.3) is 11.1 Å². The molecule has 1 unspecified atom stereocenters. The van der Waals surface area contributed by atoms with E-state index in [1.54, 1.807) is 0 Å². The monoisotopic (exact) mass is 378 g/mol. The van der Waals surface area contributed by atoms with Gasteiger partial charge in [0.1, 0.15) is 18.0 Å². The van der Waals surface area contributed by atoms with Crippen LogP contribution >= 0.6 is 0 Å². The lowest BCUT2D eigenvalue weighted by atomic mass is 9.81. The maximum atomic E-state index is 12.4. The highest BCUT2D eigenvalue weighted by molar-refractivity contribution is 5.98. The quantitative estimate of drug-likeness (QED) is 0.432. The second kappa shape index (κ2) is 7.42. The number of aryl methyl sites for hydroxylation is 1. The van der Waals surface area contributed by atoms with Crippen molar-refractivity contribution in [1.29, 1.82) is 0 Å². The van der Waals surface area contributed by atoms with E-state index in [4.69, 9.17) is 9.47 Å². The van der Waals surface area contributed by atoms with Crippen molar-refractivity contribution in [2.75, 3.05) is 13.7 Å². The fourth-order valence-corrected chi connectivity index (χ4v) is 4.42. The van der Waals surface area contributed by atoms with E-state index in [0.717, 1.165) is 60.3 Å². The fourth-order valence-electron chi connectivity index (χ4n) is 4.42. The molecule has 1 atom stereocenters. The van der Waals surface area contributed by atoms with Gasteiger partial charge in [0, 0.05) is 0 Å². The lowest BCUT2D eigenvalue weighted by Crippen LogP contribution is -2.19. The van der Waals surface area contributed by atoms with E-state index in [1.807, 2.05) is 19.1 Å². The molecular weight excluding hydrogens is 352 g/mol. The molecule has 2 aromatic carbocycles. The van der Waals surface area contributed by atoms with Crippen molar-refractivity contribution in [2.24, 2.45) is 0 Å². The minimum atomic E-state index is -0.912. The van der Waals surface area contributed by atoms with E-state index in [9.17, 15) is 9.59 Å². The standard InChI is InChI=1S/C24H26O4/c1-14-6-9-19(16-7-8-16)23(22(14)20(13-25)24(26)27-3)18-10-11-21-17(15(18)2)5-4-12-28-21/h6,9-11,13,16,20H,4-5,7-8,12H2,1-3H3. The molecule has 2 aromatic rings. The van der Waals surface area contributed by atoms with Crippen LogP contribution in [-0.4, -0.2) is 26.0 Å². The van der Waals surface area contributed by atoms with Crippen molar-refractivity contribution in [3.8, 4) is 16.9 Å². The van der Waals surface area contributed by atoms with E-state index in [1.165, 1.54) is 23.8 Å². The number of carbonyl (C=O) groups is 2. The van der Waals surface area contributed by atoms with Crippen LogP contribution in [0.1, 0.15) is 58.9 Å². The van der Waals surface area contributed by atoms with E-state index in [0.29, 0.717) is 12.2 Å². The van der Waals surface area contributed by atoms with Gasteiger partial charge in [-0.25, -0.2) is 0 Å². The molecule has 4 rings (SSSR count). The molecular formula is C24H26O4. The Balaban J connectivity index is 1.99. The predicted octanol–water partition coefficient (Wildman–Crippen LogP) is 4.63. The molecule has 0 aromatic heterocycles. The molecule has 1 heterocycles. The summed E-state index contributed by atoms with van der Waals surface area (Å²) in [7, 11) is 1.33. The summed E-state index contributed by atoms with van der Waals surface area (Å²) in [6.07, 6.45) is 5.00. The van der Waals surface area contributed by atoms with Crippen LogP contribution in [0.15, 0.2) is 24.3 Å². The molecule has 0 N–H and O–H groups in total. The predicted molar refractivity (Wildman–Crippen MR) is 108 cm³/mol. The Hall–Kier alpha value is -2.62. The highest BCUT2D eigenvalue weighted by atomic mass is 16.5. The Labute approximate surface area is 165 Å². The first-order valence-electron chi connectivity index (χ1n) is 9.99. The second-order valence-electron chi connectivity index (χ2n) is 7.84. The van der Waals surface area contributed by atoms with Crippen LogP contribution in [0.5, 0.6) is 5.75 Å². The Morgan fingerprint density at radius 1 is 1.21 bits per heavy atom. The van der Waals surface area contributed by atoms with Crippen molar-refractivity contribution in [1.82, 2.24) is 0 Å². The molecule has 0 saturated heterocycles. The number of methoxy groups -OCH3 is 1. The average Bonchev–Trinajstić information content (AvgIpc) is 3.55. The highest BCUT2D eigenvalue weighted by Crippen LogP contribution is 2.49. The van der Waals surface area contributed by atoms with Crippen LogP contribution < -0.4 is 4.74 Å². The van der Waals surface area contributed by atoms with Gasteiger partial charge in [-0.3, -0.25) is 4.79 Å². The van der Waals surface area contributed by atoms with Crippen molar-refractivity contribution in [3.63, 3.8) is 0 Å². The molecule has 28 heavy (non-hydrogen) atoms. The molecule has 2 aliphatic rings. The van der Waals surface area contributed by atoms with Crippen molar-refractivity contribution >= 4 is 12.3 Å². The van der Waals surface area contributed by atoms with Gasteiger partial charge in [-0.05, 0) is 90.5 Å². The van der Waals surface area contributed by atoms with Crippen LogP contribution in [-0.2, 0) is 20.7 Å². The molecule has 146 valence electrons. The maximum absolute atomic E-state index is 12.4. The molecule has 1 aliphatic carbocycles. The van der Waals surface area contributed by atoms with Gasteiger partial charge in [0.25, 0.3) is 0 Å². The number of carbonyl (C=O) groups excluding carboxylic acids is 2. The van der Waals surface area contributed by atoms with E-state index >= 15 is 0 Å². The topological polar surface area (TPSA) is 52.6 Å². The summed E-state index contributed by atoms with van der Waals surface area (Å²) in [6.45, 7) is 4.84. The van der Waals surface area contributed by atoms with Crippen LogP contribution in [0.3, 0.4) is 0 Å². The van der Waals surface area contributed by atoms with Crippen molar-refractivity contribution in [2.45, 2.75) is 51.4 Å². The molecule has 0 spiro atoms. The number of esters is 1. The summed E-state index contributed by atoms with van der Waals surface area (Å²) >= 11 is 0. The Morgan fingerprint density at radius 3 is 2.68 bits per heavy atom. The first-order chi connectivity index (χ1) is 13.6. The van der Waals surface area contributed by atoms with Gasteiger partial charge in [0.15, 0.2) is 0 Å². The molecule has 4 heteroatoms. The lowest BCUT2D eigenvalue weighted by Gasteiger charge is -2.25. The zero-order valence-electron chi connectivity index (χ0n) is 16.7. The normalized spacial score (nSPS) is 16.7. The zero-order chi connectivity index (χ0) is 19.8. The van der Waals surface area contributed by atoms with E-state index < -0.39 is 11.9 Å². The summed E-state index contributed by atoms with van der Waals surface area (Å²) in [5.41, 5.74) is 7.51. The van der Waals surface area contributed by atoms with Crippen molar-refractivity contribution in [3.05, 3.63) is 52.1 Å². The summed E-state index contributed by atoms with van der Waals surface area (Å²) < 4.78 is 10.8. The van der Waals surface area contributed by atoms with Gasteiger partial charge in [0.05, 0.1) is 13.7 Å². The third kappa shape index (κ3) is 3.11. The first kappa shape index (κ1) is 18.7. The van der Waals surface area contributed by atoms with Gasteiger partial charge >= 0.3 is 5.97 Å². The SMILES string of the molecule is COC(=O)C(C=O)c1c(C)ccc(C2CC2)c1-c1ccc2c(c1C)CCCO2. The number of hydrogen-bond acceptors (Lipinski definition) is 4. The summed E-state index contributed by atoms with van der Waals surface area (Å²) in [5, 5.41) is 0. The summed E-state index contributed by atoms with van der Waals surface area (Å²) in [5.74, 6) is 0.0252. The molecule has 1 aliphatic heterocycles. The minimum absolute atomic E-state index is 0.492. The number of hydrogen-bond donors (Lipinski definition) is 0. The van der Waals surface area contributed by atoms with Gasteiger partial charge in [-0.2, -0.15) is 0 Å². The number of fused-ring (bicyclic) bond motifs is 1. The second-order valence-corrected chi connectivity index (χ2v) is 7.84. The van der Waals surface area contributed by atoms with E-state index in [-0.39, 0.29) is 0 Å². The highest BCUT2D eigenvalue weighted by Gasteiger charge is 2.33. The number of benzene rings is 2. The third-order valence-electron chi connectivity index (χ3n) is 6.07. The van der Waals surface area contributed by atoms with Crippen LogP contribution in [0.4, 0.5) is 0 Å². The zero-order valence-corrected chi connectivity index (χ0v) is 16.7. The van der Waals surface area contributed by atoms with Gasteiger partial charge in [0.2, 0.25) is 0 Å². The maximum Gasteiger partial charge on any atom is 0.320 e. The molecule has 0 amide bonds. The lowest BCUT2D eigenvalue weighted by molar-refractivity contribution is -0.143. The molecule has 0 bridgehead atoms.